The molecule has 4 nitrogen and oxygen atoms in total. The number of piperazine rings is 1. The molecule has 5 heteroatoms. The van der Waals surface area contributed by atoms with Gasteiger partial charge in [0.05, 0.1) is 5.54 Å². The molecule has 1 aromatic rings. The second kappa shape index (κ2) is 6.24. The smallest absolute Gasteiger partial charge is 0.410 e. The third-order valence-corrected chi connectivity index (χ3v) is 5.14. The maximum absolute atomic E-state index is 12.5. The molecule has 1 saturated carbocycles. The van der Waals surface area contributed by atoms with Crippen LogP contribution in [0.2, 0.25) is 0 Å². The molecule has 2 aliphatic rings. The van der Waals surface area contributed by atoms with Gasteiger partial charge in [-0.15, -0.1) is 0 Å². The van der Waals surface area contributed by atoms with E-state index in [2.05, 4.69) is 51.8 Å². The Kier molecular flexibility index (Phi) is 4.62. The highest BCUT2D eigenvalue weighted by atomic mass is 127. The zero-order chi connectivity index (χ0) is 16.7. The number of hydrogen-bond acceptors (Lipinski definition) is 3. The second-order valence-corrected chi connectivity index (χ2v) is 8.94. The lowest BCUT2D eigenvalue weighted by Gasteiger charge is -2.42. The molecule has 1 aliphatic heterocycles. The van der Waals surface area contributed by atoms with Crippen molar-refractivity contribution in [3.8, 4) is 0 Å². The number of ether oxygens (including phenoxy) is 1. The van der Waals surface area contributed by atoms with Crippen LogP contribution in [0.5, 0.6) is 0 Å². The highest BCUT2D eigenvalue weighted by Crippen LogP contribution is 2.45. The van der Waals surface area contributed by atoms with Crippen molar-refractivity contribution in [1.29, 1.82) is 0 Å². The second-order valence-electron chi connectivity index (χ2n) is 7.70. The summed E-state index contributed by atoms with van der Waals surface area (Å²) in [5.74, 6) is 0. The first-order valence-electron chi connectivity index (χ1n) is 8.25. The van der Waals surface area contributed by atoms with E-state index < -0.39 is 5.60 Å². The molecule has 0 bridgehead atoms. The van der Waals surface area contributed by atoms with E-state index in [1.165, 1.54) is 9.13 Å². The summed E-state index contributed by atoms with van der Waals surface area (Å²) in [5.41, 5.74) is 0.937. The normalized spacial score (nSPS) is 20.6. The first-order valence-corrected chi connectivity index (χ1v) is 9.33. The molecule has 1 spiro atoms. The minimum Gasteiger partial charge on any atom is -0.444 e. The molecule has 126 valence electrons. The average Bonchev–Trinajstić information content (AvgIpc) is 3.16. The van der Waals surface area contributed by atoms with E-state index >= 15 is 0 Å². The fraction of sp³-hybridized carbons (Fsp3) is 0.611. The standard InChI is InChI=1S/C18H25IN2O2/c1-17(2,3)23-16(22)21-10-9-20(13-18(21)7-8-18)12-14-5-4-6-15(19)11-14/h4-6,11H,7-10,12-13H2,1-3H3. The monoisotopic (exact) mass is 428 g/mol. The summed E-state index contributed by atoms with van der Waals surface area (Å²) in [4.78, 5) is 16.9. The van der Waals surface area contributed by atoms with Crippen molar-refractivity contribution in [2.75, 3.05) is 19.6 Å². The summed E-state index contributed by atoms with van der Waals surface area (Å²) in [6, 6.07) is 8.65. The van der Waals surface area contributed by atoms with Crippen molar-refractivity contribution in [1.82, 2.24) is 9.80 Å². The van der Waals surface area contributed by atoms with Gasteiger partial charge in [-0.05, 0) is 73.9 Å². The lowest BCUT2D eigenvalue weighted by atomic mass is 10.1. The van der Waals surface area contributed by atoms with Crippen LogP contribution in [-0.4, -0.2) is 46.7 Å². The van der Waals surface area contributed by atoms with Crippen LogP contribution in [0, 0.1) is 3.57 Å². The molecule has 0 N–H and O–H groups in total. The largest absolute Gasteiger partial charge is 0.444 e. The molecule has 3 rings (SSSR count). The number of amides is 1. The summed E-state index contributed by atoms with van der Waals surface area (Å²) in [6.07, 6.45) is 2.04. The Morgan fingerprint density at radius 2 is 2.04 bits per heavy atom. The molecule has 1 heterocycles. The molecule has 1 amide bonds. The molecule has 1 saturated heterocycles. The van der Waals surface area contributed by atoms with Crippen LogP contribution in [0.4, 0.5) is 4.79 Å². The van der Waals surface area contributed by atoms with Gasteiger partial charge in [0.15, 0.2) is 0 Å². The fourth-order valence-electron chi connectivity index (χ4n) is 3.26. The van der Waals surface area contributed by atoms with Gasteiger partial charge in [0.1, 0.15) is 5.60 Å². The SMILES string of the molecule is CC(C)(C)OC(=O)N1CCN(Cc2cccc(I)c2)CC12CC2. The topological polar surface area (TPSA) is 32.8 Å². The minimum atomic E-state index is -0.426. The molecule has 2 fully saturated rings. The molecule has 0 atom stereocenters. The first kappa shape index (κ1) is 17.0. The lowest BCUT2D eigenvalue weighted by Crippen LogP contribution is -2.57. The number of nitrogens with zero attached hydrogens (tertiary/aromatic N) is 2. The zero-order valence-electron chi connectivity index (χ0n) is 14.1. The Morgan fingerprint density at radius 1 is 1.30 bits per heavy atom. The number of halogens is 1. The molecular formula is C18H25IN2O2. The van der Waals surface area contributed by atoms with Crippen molar-refractivity contribution in [3.63, 3.8) is 0 Å². The average molecular weight is 428 g/mol. The van der Waals surface area contributed by atoms with E-state index in [0.29, 0.717) is 0 Å². The fourth-order valence-corrected chi connectivity index (χ4v) is 3.87. The van der Waals surface area contributed by atoms with Gasteiger partial charge in [-0.2, -0.15) is 0 Å². The van der Waals surface area contributed by atoms with Gasteiger partial charge in [-0.1, -0.05) is 12.1 Å². The van der Waals surface area contributed by atoms with E-state index in [4.69, 9.17) is 4.74 Å². The minimum absolute atomic E-state index is 0.0164. The van der Waals surface area contributed by atoms with Crippen LogP contribution < -0.4 is 0 Å². The number of hydrogen-bond donors (Lipinski definition) is 0. The van der Waals surface area contributed by atoms with Crippen LogP contribution in [0.15, 0.2) is 24.3 Å². The van der Waals surface area contributed by atoms with Gasteiger partial charge < -0.3 is 4.74 Å². The quantitative estimate of drug-likeness (QED) is 0.671. The first-order chi connectivity index (χ1) is 10.8. The number of carbonyl (C=O) groups excluding carboxylic acids is 1. The predicted octanol–water partition coefficient (Wildman–Crippen LogP) is 3.88. The van der Waals surface area contributed by atoms with Crippen molar-refractivity contribution in [3.05, 3.63) is 33.4 Å². The van der Waals surface area contributed by atoms with Crippen molar-refractivity contribution in [2.45, 2.75) is 51.3 Å². The maximum atomic E-state index is 12.5. The zero-order valence-corrected chi connectivity index (χ0v) is 16.3. The van der Waals surface area contributed by atoms with Crippen LogP contribution in [0.1, 0.15) is 39.2 Å². The van der Waals surface area contributed by atoms with E-state index in [9.17, 15) is 4.79 Å². The number of carbonyl (C=O) groups is 1. The Morgan fingerprint density at radius 3 is 2.65 bits per heavy atom. The Balaban J connectivity index is 1.63. The lowest BCUT2D eigenvalue weighted by molar-refractivity contribution is -0.00808. The van der Waals surface area contributed by atoms with Crippen LogP contribution in [0.25, 0.3) is 0 Å². The molecular weight excluding hydrogens is 403 g/mol. The van der Waals surface area contributed by atoms with E-state index in [-0.39, 0.29) is 11.6 Å². The van der Waals surface area contributed by atoms with E-state index in [0.717, 1.165) is 39.0 Å². The summed E-state index contributed by atoms with van der Waals surface area (Å²) in [6.45, 7) is 9.37. The predicted molar refractivity (Wildman–Crippen MR) is 99.3 cm³/mol. The van der Waals surface area contributed by atoms with Crippen molar-refractivity contribution < 1.29 is 9.53 Å². The van der Waals surface area contributed by atoms with E-state index in [1.54, 1.807) is 0 Å². The summed E-state index contributed by atoms with van der Waals surface area (Å²) in [5, 5.41) is 0. The molecule has 1 aromatic carbocycles. The van der Waals surface area contributed by atoms with Gasteiger partial charge in [-0.3, -0.25) is 9.80 Å². The van der Waals surface area contributed by atoms with Gasteiger partial charge >= 0.3 is 6.09 Å². The molecule has 0 aromatic heterocycles. The maximum Gasteiger partial charge on any atom is 0.410 e. The van der Waals surface area contributed by atoms with Crippen molar-refractivity contribution in [2.24, 2.45) is 0 Å². The summed E-state index contributed by atoms with van der Waals surface area (Å²) in [7, 11) is 0. The van der Waals surface area contributed by atoms with Crippen LogP contribution in [-0.2, 0) is 11.3 Å². The number of rotatable bonds is 2. The Bertz CT molecular complexity index is 593. The highest BCUT2D eigenvalue weighted by molar-refractivity contribution is 14.1. The number of benzene rings is 1. The van der Waals surface area contributed by atoms with Gasteiger partial charge in [0.2, 0.25) is 0 Å². The molecule has 23 heavy (non-hydrogen) atoms. The molecule has 1 aliphatic carbocycles. The van der Waals surface area contributed by atoms with Crippen LogP contribution >= 0.6 is 22.6 Å². The van der Waals surface area contributed by atoms with Crippen molar-refractivity contribution >= 4 is 28.7 Å². The highest BCUT2D eigenvalue weighted by Gasteiger charge is 2.54. The van der Waals surface area contributed by atoms with Gasteiger partial charge in [0.25, 0.3) is 0 Å². The Hall–Kier alpha value is -0.820. The third kappa shape index (κ3) is 4.18. The summed E-state index contributed by atoms with van der Waals surface area (Å²) >= 11 is 2.36. The van der Waals surface area contributed by atoms with Crippen LogP contribution in [0.3, 0.4) is 0 Å². The van der Waals surface area contributed by atoms with Gasteiger partial charge in [-0.25, -0.2) is 4.79 Å². The Labute approximate surface area is 152 Å². The molecule has 0 radical (unpaired) electrons. The van der Waals surface area contributed by atoms with E-state index in [1.807, 2.05) is 25.7 Å². The molecule has 0 unspecified atom stereocenters. The van der Waals surface area contributed by atoms with Gasteiger partial charge in [0, 0.05) is 29.7 Å². The third-order valence-electron chi connectivity index (χ3n) is 4.47. The summed E-state index contributed by atoms with van der Waals surface area (Å²) < 4.78 is 6.86.